The molecule has 1 saturated carbocycles. The summed E-state index contributed by atoms with van der Waals surface area (Å²) in [5.74, 6) is -0.175. The highest BCUT2D eigenvalue weighted by molar-refractivity contribution is 5.91. The number of carbonyl (C=O) groups excluding carboxylic acids is 2. The molecule has 0 spiro atoms. The lowest BCUT2D eigenvalue weighted by atomic mass is 10.2. The van der Waals surface area contributed by atoms with Gasteiger partial charge in [0, 0.05) is 32.1 Å². The van der Waals surface area contributed by atoms with Gasteiger partial charge in [-0.3, -0.25) is 9.59 Å². The number of hydrogen-bond acceptors (Lipinski definition) is 5. The van der Waals surface area contributed by atoms with Crippen LogP contribution in [0.3, 0.4) is 0 Å². The van der Waals surface area contributed by atoms with E-state index in [9.17, 15) is 9.59 Å². The SMILES string of the molecule is O=C(CCCNC(=O)c1cn(C2CNC2)nn1)NC1CC1. The first-order chi connectivity index (χ1) is 10.2. The average molecular weight is 292 g/mol. The van der Waals surface area contributed by atoms with Gasteiger partial charge < -0.3 is 16.0 Å². The summed E-state index contributed by atoms with van der Waals surface area (Å²) in [5, 5.41) is 16.7. The molecule has 0 unspecified atom stereocenters. The van der Waals surface area contributed by atoms with Crippen molar-refractivity contribution in [2.24, 2.45) is 0 Å². The molecule has 21 heavy (non-hydrogen) atoms. The fraction of sp³-hybridized carbons (Fsp3) is 0.692. The van der Waals surface area contributed by atoms with Gasteiger partial charge in [0.05, 0.1) is 12.2 Å². The van der Waals surface area contributed by atoms with Gasteiger partial charge in [-0.05, 0) is 19.3 Å². The van der Waals surface area contributed by atoms with Crippen LogP contribution in [0.25, 0.3) is 0 Å². The summed E-state index contributed by atoms with van der Waals surface area (Å²) in [6, 6.07) is 0.688. The summed E-state index contributed by atoms with van der Waals surface area (Å²) in [7, 11) is 0. The van der Waals surface area contributed by atoms with Crippen LogP contribution in [0.4, 0.5) is 0 Å². The maximum Gasteiger partial charge on any atom is 0.273 e. The summed E-state index contributed by atoms with van der Waals surface area (Å²) in [6.07, 6.45) is 4.92. The first kappa shape index (κ1) is 14.0. The third-order valence-corrected chi connectivity index (χ3v) is 3.69. The maximum atomic E-state index is 11.9. The molecule has 1 saturated heterocycles. The van der Waals surface area contributed by atoms with E-state index < -0.39 is 0 Å². The van der Waals surface area contributed by atoms with Crippen molar-refractivity contribution in [1.82, 2.24) is 30.9 Å². The van der Waals surface area contributed by atoms with Gasteiger partial charge in [-0.15, -0.1) is 5.10 Å². The van der Waals surface area contributed by atoms with Crippen LogP contribution in [0.15, 0.2) is 6.20 Å². The molecule has 3 N–H and O–H groups in total. The van der Waals surface area contributed by atoms with E-state index in [1.807, 2.05) is 0 Å². The zero-order chi connectivity index (χ0) is 14.7. The molecule has 2 fully saturated rings. The van der Waals surface area contributed by atoms with Crippen molar-refractivity contribution in [2.45, 2.75) is 37.8 Å². The highest BCUT2D eigenvalue weighted by atomic mass is 16.2. The topological polar surface area (TPSA) is 101 Å². The fourth-order valence-corrected chi connectivity index (χ4v) is 2.09. The Kier molecular flexibility index (Phi) is 4.14. The van der Waals surface area contributed by atoms with Crippen molar-refractivity contribution in [3.05, 3.63) is 11.9 Å². The normalized spacial score (nSPS) is 18.1. The molecule has 0 bridgehead atoms. The van der Waals surface area contributed by atoms with E-state index in [4.69, 9.17) is 0 Å². The lowest BCUT2D eigenvalue weighted by molar-refractivity contribution is -0.121. The molecule has 0 radical (unpaired) electrons. The number of nitrogens with zero attached hydrogens (tertiary/aromatic N) is 3. The molecule has 2 heterocycles. The van der Waals surface area contributed by atoms with Crippen molar-refractivity contribution in [3.63, 3.8) is 0 Å². The van der Waals surface area contributed by atoms with Gasteiger partial charge in [0.15, 0.2) is 5.69 Å². The van der Waals surface area contributed by atoms with Gasteiger partial charge >= 0.3 is 0 Å². The van der Waals surface area contributed by atoms with E-state index >= 15 is 0 Å². The lowest BCUT2D eigenvalue weighted by Gasteiger charge is -2.26. The molecule has 1 aliphatic carbocycles. The van der Waals surface area contributed by atoms with E-state index in [-0.39, 0.29) is 11.8 Å². The van der Waals surface area contributed by atoms with Crippen molar-refractivity contribution in [1.29, 1.82) is 0 Å². The Labute approximate surface area is 122 Å². The number of aromatic nitrogens is 3. The number of nitrogens with one attached hydrogen (secondary N) is 3. The molecule has 8 nitrogen and oxygen atoms in total. The fourth-order valence-electron chi connectivity index (χ4n) is 2.09. The number of rotatable bonds is 7. The van der Waals surface area contributed by atoms with Crippen LogP contribution in [0, 0.1) is 0 Å². The zero-order valence-electron chi connectivity index (χ0n) is 11.8. The van der Waals surface area contributed by atoms with Crippen LogP contribution in [-0.4, -0.2) is 52.5 Å². The van der Waals surface area contributed by atoms with E-state index in [0.29, 0.717) is 37.2 Å². The Bertz CT molecular complexity index is 520. The molecule has 0 atom stereocenters. The maximum absolute atomic E-state index is 11.9. The van der Waals surface area contributed by atoms with Crippen LogP contribution in [0.2, 0.25) is 0 Å². The summed E-state index contributed by atoms with van der Waals surface area (Å²) < 4.78 is 1.72. The average Bonchev–Trinajstić information content (AvgIpc) is 3.08. The van der Waals surface area contributed by atoms with Gasteiger partial charge in [0.25, 0.3) is 5.91 Å². The first-order valence-electron chi connectivity index (χ1n) is 7.42. The largest absolute Gasteiger partial charge is 0.353 e. The molecule has 2 amide bonds. The molecular weight excluding hydrogens is 272 g/mol. The second-order valence-electron chi connectivity index (χ2n) is 5.60. The van der Waals surface area contributed by atoms with Crippen molar-refractivity contribution in [3.8, 4) is 0 Å². The highest BCUT2D eigenvalue weighted by Gasteiger charge is 2.23. The van der Waals surface area contributed by atoms with Gasteiger partial charge in [0.1, 0.15) is 0 Å². The molecule has 8 heteroatoms. The van der Waals surface area contributed by atoms with Crippen molar-refractivity contribution >= 4 is 11.8 Å². The van der Waals surface area contributed by atoms with E-state index in [2.05, 4.69) is 26.3 Å². The van der Waals surface area contributed by atoms with Crippen LogP contribution < -0.4 is 16.0 Å². The summed E-state index contributed by atoms with van der Waals surface area (Å²) in [6.45, 7) is 2.19. The number of hydrogen-bond donors (Lipinski definition) is 3. The van der Waals surface area contributed by atoms with Gasteiger partial charge in [-0.25, -0.2) is 4.68 Å². The molecule has 1 aromatic rings. The van der Waals surface area contributed by atoms with Crippen molar-refractivity contribution in [2.75, 3.05) is 19.6 Å². The quantitative estimate of drug-likeness (QED) is 0.572. The van der Waals surface area contributed by atoms with E-state index in [0.717, 1.165) is 25.9 Å². The van der Waals surface area contributed by atoms with Gasteiger partial charge in [-0.2, -0.15) is 0 Å². The van der Waals surface area contributed by atoms with Gasteiger partial charge in [-0.1, -0.05) is 5.21 Å². The molecule has 2 aliphatic rings. The Balaban J connectivity index is 1.35. The van der Waals surface area contributed by atoms with Crippen molar-refractivity contribution < 1.29 is 9.59 Å². The van der Waals surface area contributed by atoms with Crippen LogP contribution in [0.1, 0.15) is 42.2 Å². The van der Waals surface area contributed by atoms with Crippen LogP contribution in [-0.2, 0) is 4.79 Å². The summed E-state index contributed by atoms with van der Waals surface area (Å²) >= 11 is 0. The minimum absolute atomic E-state index is 0.0650. The lowest BCUT2D eigenvalue weighted by Crippen LogP contribution is -2.43. The predicted octanol–water partition coefficient (Wildman–Crippen LogP) is -0.789. The number of amides is 2. The first-order valence-corrected chi connectivity index (χ1v) is 7.42. The molecule has 3 rings (SSSR count). The molecule has 0 aromatic carbocycles. The van der Waals surface area contributed by atoms with Gasteiger partial charge in [0.2, 0.25) is 5.91 Å². The molecular formula is C13H20N6O2. The molecule has 114 valence electrons. The Morgan fingerprint density at radius 3 is 2.86 bits per heavy atom. The minimum Gasteiger partial charge on any atom is -0.353 e. The molecule has 1 aromatic heterocycles. The Hall–Kier alpha value is -1.96. The predicted molar refractivity (Wildman–Crippen MR) is 74.7 cm³/mol. The van der Waals surface area contributed by atoms with Crippen LogP contribution in [0.5, 0.6) is 0 Å². The monoisotopic (exact) mass is 292 g/mol. The van der Waals surface area contributed by atoms with E-state index in [1.165, 1.54) is 0 Å². The Morgan fingerprint density at radius 2 is 2.19 bits per heavy atom. The Morgan fingerprint density at radius 1 is 1.38 bits per heavy atom. The zero-order valence-corrected chi connectivity index (χ0v) is 11.8. The summed E-state index contributed by atoms with van der Waals surface area (Å²) in [4.78, 5) is 23.3. The second-order valence-corrected chi connectivity index (χ2v) is 5.60. The minimum atomic E-state index is -0.240. The second kappa shape index (κ2) is 6.21. The van der Waals surface area contributed by atoms with E-state index in [1.54, 1.807) is 10.9 Å². The third-order valence-electron chi connectivity index (χ3n) is 3.69. The standard InChI is InChI=1S/C13H20N6O2/c20-12(16-9-3-4-9)2-1-5-15-13(21)11-8-19(18-17-11)10-6-14-7-10/h8-10,14H,1-7H2,(H,15,21)(H,16,20). The third kappa shape index (κ3) is 3.78. The summed E-state index contributed by atoms with van der Waals surface area (Å²) in [5.41, 5.74) is 0.323. The smallest absolute Gasteiger partial charge is 0.273 e. The number of carbonyl (C=O) groups is 2. The molecule has 1 aliphatic heterocycles. The highest BCUT2D eigenvalue weighted by Crippen LogP contribution is 2.18. The van der Waals surface area contributed by atoms with Crippen LogP contribution >= 0.6 is 0 Å².